The highest BCUT2D eigenvalue weighted by molar-refractivity contribution is 5.94. The zero-order valence-electron chi connectivity index (χ0n) is 21.3. The summed E-state index contributed by atoms with van der Waals surface area (Å²) in [6.07, 6.45) is 0.591. The number of hydrogen-bond acceptors (Lipinski definition) is 6. The number of aromatic hydroxyl groups is 1. The lowest BCUT2D eigenvalue weighted by Crippen LogP contribution is -2.57. The van der Waals surface area contributed by atoms with Crippen LogP contribution in [-0.4, -0.2) is 58.1 Å². The summed E-state index contributed by atoms with van der Waals surface area (Å²) >= 11 is 0. The number of nitrogens with two attached hydrogens (primary N) is 1. The molecule has 0 aromatic heterocycles. The van der Waals surface area contributed by atoms with E-state index in [1.54, 1.807) is 24.3 Å². The van der Waals surface area contributed by atoms with Crippen molar-refractivity contribution in [1.29, 1.82) is 0 Å². The third-order valence-electron chi connectivity index (χ3n) is 5.72. The van der Waals surface area contributed by atoms with E-state index < -0.39 is 47.9 Å². The topological polar surface area (TPSA) is 171 Å². The molecule has 10 nitrogen and oxygen atoms in total. The molecule has 37 heavy (non-hydrogen) atoms. The van der Waals surface area contributed by atoms with Crippen LogP contribution in [-0.2, 0) is 32.0 Å². The Morgan fingerprint density at radius 3 is 1.89 bits per heavy atom. The first-order valence-corrected chi connectivity index (χ1v) is 12.2. The Hall–Kier alpha value is -3.92. The maximum absolute atomic E-state index is 13.1. The van der Waals surface area contributed by atoms with Crippen LogP contribution in [0.2, 0.25) is 0 Å². The van der Waals surface area contributed by atoms with E-state index >= 15 is 0 Å². The van der Waals surface area contributed by atoms with Crippen molar-refractivity contribution in [3.8, 4) is 5.75 Å². The largest absolute Gasteiger partial charge is 0.508 e. The van der Waals surface area contributed by atoms with E-state index in [1.807, 2.05) is 32.0 Å². The van der Waals surface area contributed by atoms with E-state index in [0.29, 0.717) is 0 Å². The molecule has 0 aliphatic rings. The highest BCUT2D eigenvalue weighted by Gasteiger charge is 2.29. The fourth-order valence-electron chi connectivity index (χ4n) is 3.69. The molecule has 2 aromatic rings. The number of rotatable bonds is 13. The third kappa shape index (κ3) is 9.92. The highest BCUT2D eigenvalue weighted by atomic mass is 16.4. The molecule has 4 unspecified atom stereocenters. The molecule has 200 valence electrons. The first-order valence-electron chi connectivity index (χ1n) is 12.2. The number of carbonyl (C=O) groups excluding carboxylic acids is 3. The van der Waals surface area contributed by atoms with Crippen molar-refractivity contribution < 1.29 is 29.4 Å². The van der Waals surface area contributed by atoms with Crippen LogP contribution in [0.1, 0.15) is 38.3 Å². The summed E-state index contributed by atoms with van der Waals surface area (Å²) < 4.78 is 0. The maximum Gasteiger partial charge on any atom is 0.326 e. The van der Waals surface area contributed by atoms with Crippen molar-refractivity contribution in [3.63, 3.8) is 0 Å². The Labute approximate surface area is 216 Å². The van der Waals surface area contributed by atoms with Crippen LogP contribution in [0, 0.1) is 5.92 Å². The standard InChI is InChI=1S/C27H36N4O6/c1-16(2)13-23(27(36)37)31-24(33)17(3)29-26(35)22(15-18-7-5-4-6-8-18)30-25(34)21(28)14-19-9-11-20(32)12-10-19/h4-12,16-17,21-23,32H,13-15,28H2,1-3H3,(H,29,35)(H,30,34)(H,31,33)(H,36,37). The summed E-state index contributed by atoms with van der Waals surface area (Å²) in [7, 11) is 0. The van der Waals surface area contributed by atoms with Gasteiger partial charge in [-0.1, -0.05) is 56.3 Å². The number of carboxylic acids is 1. The Bertz CT molecular complexity index is 1060. The zero-order chi connectivity index (χ0) is 27.5. The molecule has 2 rings (SSSR count). The Morgan fingerprint density at radius 2 is 1.32 bits per heavy atom. The van der Waals surface area contributed by atoms with E-state index in [1.165, 1.54) is 19.1 Å². The summed E-state index contributed by atoms with van der Waals surface area (Å²) in [6, 6.07) is 11.2. The van der Waals surface area contributed by atoms with Gasteiger partial charge in [-0.05, 0) is 48.9 Å². The van der Waals surface area contributed by atoms with Crippen molar-refractivity contribution in [2.24, 2.45) is 11.7 Å². The van der Waals surface area contributed by atoms with Gasteiger partial charge in [-0.15, -0.1) is 0 Å². The lowest BCUT2D eigenvalue weighted by Gasteiger charge is -2.24. The molecule has 0 saturated heterocycles. The van der Waals surface area contributed by atoms with Gasteiger partial charge in [0.15, 0.2) is 0 Å². The van der Waals surface area contributed by atoms with E-state index in [2.05, 4.69) is 16.0 Å². The minimum atomic E-state index is -1.16. The van der Waals surface area contributed by atoms with Crippen LogP contribution >= 0.6 is 0 Å². The van der Waals surface area contributed by atoms with Gasteiger partial charge < -0.3 is 31.9 Å². The molecule has 0 spiro atoms. The highest BCUT2D eigenvalue weighted by Crippen LogP contribution is 2.11. The molecule has 7 N–H and O–H groups in total. The van der Waals surface area contributed by atoms with Crippen LogP contribution < -0.4 is 21.7 Å². The molecule has 0 saturated carbocycles. The predicted octanol–water partition coefficient (Wildman–Crippen LogP) is 1.11. The number of aliphatic carboxylic acids is 1. The van der Waals surface area contributed by atoms with Crippen molar-refractivity contribution >= 4 is 23.7 Å². The van der Waals surface area contributed by atoms with Crippen molar-refractivity contribution in [2.45, 2.75) is 64.2 Å². The molecular weight excluding hydrogens is 476 g/mol. The number of benzene rings is 2. The van der Waals surface area contributed by atoms with Crippen LogP contribution in [0.3, 0.4) is 0 Å². The lowest BCUT2D eigenvalue weighted by molar-refractivity contribution is -0.142. The smallest absolute Gasteiger partial charge is 0.326 e. The van der Waals surface area contributed by atoms with Crippen molar-refractivity contribution in [1.82, 2.24) is 16.0 Å². The number of phenolic OH excluding ortho intramolecular Hbond substituents is 1. The van der Waals surface area contributed by atoms with Gasteiger partial charge in [0.05, 0.1) is 6.04 Å². The molecule has 0 radical (unpaired) electrons. The molecular formula is C27H36N4O6. The fraction of sp³-hybridized carbons (Fsp3) is 0.407. The Morgan fingerprint density at radius 1 is 0.757 bits per heavy atom. The quantitative estimate of drug-likeness (QED) is 0.233. The van der Waals surface area contributed by atoms with E-state index in [0.717, 1.165) is 11.1 Å². The van der Waals surface area contributed by atoms with E-state index in [4.69, 9.17) is 5.73 Å². The minimum Gasteiger partial charge on any atom is -0.508 e. The van der Waals surface area contributed by atoms with Gasteiger partial charge >= 0.3 is 5.97 Å². The van der Waals surface area contributed by atoms with Gasteiger partial charge in [-0.3, -0.25) is 14.4 Å². The Balaban J connectivity index is 2.09. The van der Waals surface area contributed by atoms with E-state index in [-0.39, 0.29) is 30.9 Å². The second kappa shape index (κ2) is 14.0. The number of carboxylic acid groups (broad SMARTS) is 1. The SMILES string of the molecule is CC(C)CC(NC(=O)C(C)NC(=O)C(Cc1ccccc1)NC(=O)C(N)Cc1ccc(O)cc1)C(=O)O. The van der Waals surface area contributed by atoms with Crippen LogP contribution in [0.25, 0.3) is 0 Å². The molecule has 0 aliphatic carbocycles. The van der Waals surface area contributed by atoms with Gasteiger partial charge in [0, 0.05) is 6.42 Å². The molecule has 2 aromatic carbocycles. The van der Waals surface area contributed by atoms with Crippen LogP contribution in [0.15, 0.2) is 54.6 Å². The van der Waals surface area contributed by atoms with Gasteiger partial charge in [0.25, 0.3) is 0 Å². The van der Waals surface area contributed by atoms with Gasteiger partial charge in [0.2, 0.25) is 17.7 Å². The number of phenols is 1. The summed E-state index contributed by atoms with van der Waals surface area (Å²) in [5.74, 6) is -2.81. The predicted molar refractivity (Wildman–Crippen MR) is 138 cm³/mol. The van der Waals surface area contributed by atoms with Crippen molar-refractivity contribution in [3.05, 3.63) is 65.7 Å². The molecule has 0 aliphatic heterocycles. The first kappa shape index (κ1) is 29.3. The average molecular weight is 513 g/mol. The lowest BCUT2D eigenvalue weighted by atomic mass is 10.0. The normalized spacial score (nSPS) is 14.2. The van der Waals surface area contributed by atoms with Crippen LogP contribution in [0.4, 0.5) is 0 Å². The number of carbonyl (C=O) groups is 4. The monoisotopic (exact) mass is 512 g/mol. The van der Waals surface area contributed by atoms with Crippen molar-refractivity contribution in [2.75, 3.05) is 0 Å². The van der Waals surface area contributed by atoms with E-state index in [9.17, 15) is 29.4 Å². The molecule has 10 heteroatoms. The molecule has 4 atom stereocenters. The number of hydrogen-bond donors (Lipinski definition) is 6. The molecule has 3 amide bonds. The summed E-state index contributed by atoms with van der Waals surface area (Å²) in [5.41, 5.74) is 7.60. The minimum absolute atomic E-state index is 0.0440. The molecule has 0 bridgehead atoms. The second-order valence-corrected chi connectivity index (χ2v) is 9.49. The fourth-order valence-corrected chi connectivity index (χ4v) is 3.69. The summed E-state index contributed by atoms with van der Waals surface area (Å²) in [5, 5.41) is 26.5. The number of amides is 3. The molecule has 0 heterocycles. The van der Waals surface area contributed by atoms with Gasteiger partial charge in [-0.2, -0.15) is 0 Å². The van der Waals surface area contributed by atoms with Gasteiger partial charge in [-0.25, -0.2) is 4.79 Å². The second-order valence-electron chi connectivity index (χ2n) is 9.49. The first-order chi connectivity index (χ1) is 17.5. The summed E-state index contributed by atoms with van der Waals surface area (Å²) in [4.78, 5) is 50.1. The zero-order valence-corrected chi connectivity index (χ0v) is 21.3. The third-order valence-corrected chi connectivity index (χ3v) is 5.72. The average Bonchev–Trinajstić information content (AvgIpc) is 2.84. The Kier molecular flexibility index (Phi) is 11.1. The maximum atomic E-state index is 13.1. The van der Waals surface area contributed by atoms with Gasteiger partial charge in [0.1, 0.15) is 23.9 Å². The van der Waals surface area contributed by atoms with Crippen LogP contribution in [0.5, 0.6) is 5.75 Å². The molecule has 0 fully saturated rings. The summed E-state index contributed by atoms with van der Waals surface area (Å²) in [6.45, 7) is 5.13. The number of nitrogens with one attached hydrogen (secondary N) is 3.